The van der Waals surface area contributed by atoms with Crippen LogP contribution < -0.4 is 0 Å². The number of rotatable bonds is 3. The van der Waals surface area contributed by atoms with E-state index >= 15 is 0 Å². The van der Waals surface area contributed by atoms with Gasteiger partial charge in [0.05, 0.1) is 24.2 Å². The second kappa shape index (κ2) is 5.15. The molecule has 0 aromatic rings. The third-order valence-electron chi connectivity index (χ3n) is 4.33. The summed E-state index contributed by atoms with van der Waals surface area (Å²) < 4.78 is 0. The molecule has 0 saturated carbocycles. The van der Waals surface area contributed by atoms with Crippen LogP contribution in [0.1, 0.15) is 6.92 Å². The Balaban J connectivity index is 3.34. The fraction of sp³-hybridized carbons (Fsp3) is 0.750. The molecular weight excluding hydrogens is 276 g/mol. The molecule has 1 aliphatic rings. The Morgan fingerprint density at radius 3 is 1.42 bits per heavy atom. The van der Waals surface area contributed by atoms with Gasteiger partial charge in [-0.25, -0.2) is 0 Å². The first-order valence-electron chi connectivity index (χ1n) is 7.65. The lowest BCUT2D eigenvalue weighted by atomic mass is 10.1. The van der Waals surface area contributed by atoms with Gasteiger partial charge in [0.15, 0.2) is 0 Å². The molecule has 0 bridgehead atoms. The van der Waals surface area contributed by atoms with Crippen molar-refractivity contribution in [2.24, 2.45) is 0 Å². The summed E-state index contributed by atoms with van der Waals surface area (Å²) in [5.41, 5.74) is 3.21. The molecule has 0 N–H and O–H groups in total. The Bertz CT molecular complexity index is 397. The summed E-state index contributed by atoms with van der Waals surface area (Å²) in [6.45, 7) is 25.1. The molecular formula is C16H34Si3. The normalized spacial score (nSPS) is 26.0. The van der Waals surface area contributed by atoms with Crippen molar-refractivity contribution in [2.75, 3.05) is 0 Å². The number of allylic oxidation sites excluding steroid dienone is 4. The maximum absolute atomic E-state index is 2.73. The lowest BCUT2D eigenvalue weighted by molar-refractivity contribution is 1.02. The van der Waals surface area contributed by atoms with Gasteiger partial charge in [0.1, 0.15) is 0 Å². The van der Waals surface area contributed by atoms with Crippen molar-refractivity contribution in [2.45, 2.75) is 76.9 Å². The van der Waals surface area contributed by atoms with E-state index in [1.807, 2.05) is 5.20 Å². The van der Waals surface area contributed by atoms with Gasteiger partial charge in [-0.1, -0.05) is 81.8 Å². The Morgan fingerprint density at radius 1 is 0.684 bits per heavy atom. The van der Waals surface area contributed by atoms with Crippen LogP contribution in [0.4, 0.5) is 0 Å². The molecule has 2 unspecified atom stereocenters. The smallest absolute Gasteiger partial charge is 0.0724 e. The molecule has 3 heteroatoms. The Labute approximate surface area is 124 Å². The van der Waals surface area contributed by atoms with Crippen molar-refractivity contribution >= 4 is 24.2 Å². The lowest BCUT2D eigenvalue weighted by Gasteiger charge is -2.42. The third kappa shape index (κ3) is 4.05. The van der Waals surface area contributed by atoms with Crippen LogP contribution in [0.5, 0.6) is 0 Å². The predicted molar refractivity (Wildman–Crippen MR) is 99.4 cm³/mol. The first kappa shape index (κ1) is 17.2. The van der Waals surface area contributed by atoms with Crippen molar-refractivity contribution < 1.29 is 0 Å². The topological polar surface area (TPSA) is 0 Å². The van der Waals surface area contributed by atoms with Gasteiger partial charge in [0.2, 0.25) is 0 Å². The van der Waals surface area contributed by atoms with Crippen molar-refractivity contribution in [1.82, 2.24) is 0 Å². The van der Waals surface area contributed by atoms with Gasteiger partial charge in [0, 0.05) is 0 Å². The molecule has 0 aromatic carbocycles. The van der Waals surface area contributed by atoms with Gasteiger partial charge in [-0.15, -0.1) is 0 Å². The van der Waals surface area contributed by atoms with E-state index in [1.165, 1.54) is 0 Å². The van der Waals surface area contributed by atoms with E-state index in [4.69, 9.17) is 0 Å². The van der Waals surface area contributed by atoms with Gasteiger partial charge in [-0.3, -0.25) is 0 Å². The monoisotopic (exact) mass is 310 g/mol. The van der Waals surface area contributed by atoms with E-state index in [1.54, 1.807) is 5.57 Å². The van der Waals surface area contributed by atoms with E-state index < -0.39 is 24.2 Å². The molecule has 0 heterocycles. The SMILES string of the molecule is CC1=CC([Si](C)(C)C)C([Si](C)(C)C)=CC1[Si](C)(C)C. The van der Waals surface area contributed by atoms with E-state index in [9.17, 15) is 0 Å². The summed E-state index contributed by atoms with van der Waals surface area (Å²) in [5, 5.41) is 1.85. The molecule has 0 aromatic heterocycles. The van der Waals surface area contributed by atoms with E-state index in [-0.39, 0.29) is 0 Å². The second-order valence-electron chi connectivity index (χ2n) is 9.47. The molecule has 110 valence electrons. The first-order chi connectivity index (χ1) is 8.24. The highest BCUT2D eigenvalue weighted by Crippen LogP contribution is 2.46. The zero-order valence-corrected chi connectivity index (χ0v) is 17.8. The van der Waals surface area contributed by atoms with Gasteiger partial charge < -0.3 is 0 Å². The molecule has 19 heavy (non-hydrogen) atoms. The third-order valence-corrected chi connectivity index (χ3v) is 11.7. The molecule has 0 spiro atoms. The Kier molecular flexibility index (Phi) is 4.66. The van der Waals surface area contributed by atoms with E-state index in [0.717, 1.165) is 11.1 Å². The molecule has 0 nitrogen and oxygen atoms in total. The lowest BCUT2D eigenvalue weighted by Crippen LogP contribution is -2.41. The Morgan fingerprint density at radius 2 is 1.11 bits per heavy atom. The zero-order chi connectivity index (χ0) is 15.2. The average molecular weight is 311 g/mol. The molecule has 0 saturated heterocycles. The number of hydrogen-bond acceptors (Lipinski definition) is 0. The van der Waals surface area contributed by atoms with Crippen molar-refractivity contribution in [3.05, 3.63) is 22.9 Å². The summed E-state index contributed by atoms with van der Waals surface area (Å²) >= 11 is 0. The van der Waals surface area contributed by atoms with Gasteiger partial charge in [-0.05, 0) is 18.0 Å². The molecule has 0 fully saturated rings. The standard InChI is InChI=1S/C16H34Si3/c1-13-11-15(18(5,6)7)16(19(8,9)10)12-14(13)17(2,3)4/h11-12,14-15H,1-10H3. The fourth-order valence-corrected chi connectivity index (χ4v) is 11.6. The van der Waals surface area contributed by atoms with E-state index in [2.05, 4.69) is 78.0 Å². The van der Waals surface area contributed by atoms with Gasteiger partial charge in [-0.2, -0.15) is 0 Å². The maximum atomic E-state index is 2.73. The van der Waals surface area contributed by atoms with E-state index in [0.29, 0.717) is 0 Å². The molecule has 0 aliphatic heterocycles. The summed E-state index contributed by atoms with van der Waals surface area (Å²) in [6.07, 6.45) is 5.40. The van der Waals surface area contributed by atoms with Crippen molar-refractivity contribution in [3.8, 4) is 0 Å². The van der Waals surface area contributed by atoms with Crippen LogP contribution in [0.3, 0.4) is 0 Å². The van der Waals surface area contributed by atoms with Crippen LogP contribution >= 0.6 is 0 Å². The number of hydrogen-bond donors (Lipinski definition) is 0. The second-order valence-corrected chi connectivity index (χ2v) is 25.3. The highest BCUT2D eigenvalue weighted by molar-refractivity contribution is 6.89. The zero-order valence-electron chi connectivity index (χ0n) is 14.8. The summed E-state index contributed by atoms with van der Waals surface area (Å²) in [4.78, 5) is 0. The van der Waals surface area contributed by atoms with Crippen LogP contribution in [-0.2, 0) is 0 Å². The summed E-state index contributed by atoms with van der Waals surface area (Å²) in [6, 6.07) is 0. The average Bonchev–Trinajstić information content (AvgIpc) is 2.11. The largest absolute Gasteiger partial charge is 0.0844 e. The van der Waals surface area contributed by atoms with Crippen LogP contribution in [0, 0.1) is 0 Å². The van der Waals surface area contributed by atoms with Crippen molar-refractivity contribution in [3.63, 3.8) is 0 Å². The van der Waals surface area contributed by atoms with Gasteiger partial charge in [0.25, 0.3) is 0 Å². The maximum Gasteiger partial charge on any atom is 0.0724 e. The van der Waals surface area contributed by atoms with Crippen molar-refractivity contribution in [1.29, 1.82) is 0 Å². The minimum absolute atomic E-state index is 0.766. The molecule has 1 aliphatic carbocycles. The quantitative estimate of drug-likeness (QED) is 0.432. The Hall–Kier alpha value is 0.131. The van der Waals surface area contributed by atoms with Crippen LogP contribution in [0.2, 0.25) is 70.0 Å². The highest BCUT2D eigenvalue weighted by Gasteiger charge is 2.39. The summed E-state index contributed by atoms with van der Waals surface area (Å²) in [7, 11) is -3.50. The molecule has 0 amide bonds. The van der Waals surface area contributed by atoms with Crippen LogP contribution in [-0.4, -0.2) is 24.2 Å². The van der Waals surface area contributed by atoms with Crippen LogP contribution in [0.25, 0.3) is 0 Å². The summed E-state index contributed by atoms with van der Waals surface area (Å²) in [5.74, 6) is 0. The molecule has 2 atom stereocenters. The minimum atomic E-state index is -1.21. The fourth-order valence-electron chi connectivity index (χ4n) is 3.24. The minimum Gasteiger partial charge on any atom is -0.0844 e. The molecule has 0 radical (unpaired) electrons. The first-order valence-corrected chi connectivity index (χ1v) is 18.3. The predicted octanol–water partition coefficient (Wildman–Crippen LogP) is 6.17. The molecule has 1 rings (SSSR count). The van der Waals surface area contributed by atoms with Gasteiger partial charge >= 0.3 is 0 Å². The van der Waals surface area contributed by atoms with Crippen LogP contribution in [0.15, 0.2) is 22.9 Å². The highest BCUT2D eigenvalue weighted by atomic mass is 28.3.